The van der Waals surface area contributed by atoms with Gasteiger partial charge in [-0.3, -0.25) is 0 Å². The molecule has 3 nitrogen and oxygen atoms in total. The quantitative estimate of drug-likeness (QED) is 0.917. The van der Waals surface area contributed by atoms with Gasteiger partial charge in [-0.25, -0.2) is 9.97 Å². The molecule has 20 heavy (non-hydrogen) atoms. The molecular formula is C17H29N3. The predicted octanol–water partition coefficient (Wildman–Crippen LogP) is 3.17. The fourth-order valence-electron chi connectivity index (χ4n) is 2.76. The number of hydrogen-bond donors (Lipinski definition) is 1. The summed E-state index contributed by atoms with van der Waals surface area (Å²) in [7, 11) is 0. The van der Waals surface area contributed by atoms with Crippen LogP contribution in [0, 0.1) is 11.3 Å². The Kier molecular flexibility index (Phi) is 4.79. The van der Waals surface area contributed by atoms with Crippen LogP contribution in [0.4, 0.5) is 0 Å². The molecule has 1 aromatic rings. The Bertz CT molecular complexity index is 446. The second kappa shape index (κ2) is 6.21. The molecule has 1 atom stereocenters. The van der Waals surface area contributed by atoms with Crippen molar-refractivity contribution >= 4 is 0 Å². The molecule has 0 bridgehead atoms. The van der Waals surface area contributed by atoms with Gasteiger partial charge < -0.3 is 5.32 Å². The summed E-state index contributed by atoms with van der Waals surface area (Å²) in [5, 5.41) is 3.55. The monoisotopic (exact) mass is 275 g/mol. The van der Waals surface area contributed by atoms with E-state index in [9.17, 15) is 0 Å². The highest BCUT2D eigenvalue weighted by Crippen LogP contribution is 2.25. The van der Waals surface area contributed by atoms with Gasteiger partial charge in [0.15, 0.2) is 0 Å². The van der Waals surface area contributed by atoms with Gasteiger partial charge in [0, 0.05) is 24.4 Å². The Hall–Kier alpha value is -0.960. The molecule has 1 aliphatic rings. The first-order valence-corrected chi connectivity index (χ1v) is 7.90. The lowest BCUT2D eigenvalue weighted by Gasteiger charge is -2.25. The smallest absolute Gasteiger partial charge is 0.129 e. The van der Waals surface area contributed by atoms with E-state index in [2.05, 4.69) is 51.1 Å². The van der Waals surface area contributed by atoms with Crippen molar-refractivity contribution in [2.45, 2.75) is 66.3 Å². The summed E-state index contributed by atoms with van der Waals surface area (Å²) >= 11 is 0. The molecule has 112 valence electrons. The third-order valence-corrected chi connectivity index (χ3v) is 3.81. The molecular weight excluding hydrogens is 246 g/mol. The zero-order chi connectivity index (χ0) is 14.8. The lowest BCUT2D eigenvalue weighted by molar-refractivity contribution is 0.389. The molecule has 0 aromatic carbocycles. The fourth-order valence-corrected chi connectivity index (χ4v) is 2.76. The number of hydrogen-bond acceptors (Lipinski definition) is 3. The summed E-state index contributed by atoms with van der Waals surface area (Å²) in [6.45, 7) is 12.2. The summed E-state index contributed by atoms with van der Waals surface area (Å²) in [4.78, 5) is 9.37. The van der Waals surface area contributed by atoms with E-state index in [1.165, 1.54) is 17.7 Å². The SMILES string of the molecule is CC(C)NCC1CCc2nc(CC(C)(C)C)ncc2C1. The van der Waals surface area contributed by atoms with Crippen LogP contribution < -0.4 is 5.32 Å². The van der Waals surface area contributed by atoms with Crippen molar-refractivity contribution in [3.63, 3.8) is 0 Å². The standard InChI is InChI=1S/C17H29N3/c1-12(2)18-10-13-6-7-15-14(8-13)11-19-16(20-15)9-17(3,4)5/h11-13,18H,6-10H2,1-5H3. The molecule has 0 amide bonds. The van der Waals surface area contributed by atoms with Crippen molar-refractivity contribution in [2.75, 3.05) is 6.54 Å². The Morgan fingerprint density at radius 2 is 2.10 bits per heavy atom. The van der Waals surface area contributed by atoms with Gasteiger partial charge in [-0.1, -0.05) is 34.6 Å². The first-order valence-electron chi connectivity index (χ1n) is 7.90. The molecule has 0 radical (unpaired) electrons. The van der Waals surface area contributed by atoms with Gasteiger partial charge in [-0.2, -0.15) is 0 Å². The van der Waals surface area contributed by atoms with Crippen molar-refractivity contribution < 1.29 is 0 Å². The molecule has 0 saturated heterocycles. The minimum Gasteiger partial charge on any atom is -0.314 e. The Morgan fingerprint density at radius 3 is 2.75 bits per heavy atom. The van der Waals surface area contributed by atoms with Crippen LogP contribution in [0.5, 0.6) is 0 Å². The zero-order valence-electron chi connectivity index (χ0n) is 13.7. The summed E-state index contributed by atoms with van der Waals surface area (Å²) < 4.78 is 0. The molecule has 1 heterocycles. The highest BCUT2D eigenvalue weighted by atomic mass is 14.9. The van der Waals surface area contributed by atoms with Crippen LogP contribution in [0.15, 0.2) is 6.20 Å². The van der Waals surface area contributed by atoms with Crippen molar-refractivity contribution in [1.82, 2.24) is 15.3 Å². The molecule has 1 aromatic heterocycles. The molecule has 2 rings (SSSR count). The number of aryl methyl sites for hydroxylation is 1. The molecule has 0 fully saturated rings. The van der Waals surface area contributed by atoms with Gasteiger partial charge >= 0.3 is 0 Å². The van der Waals surface area contributed by atoms with Crippen LogP contribution in [0.1, 0.15) is 58.1 Å². The van der Waals surface area contributed by atoms with Crippen LogP contribution in [-0.2, 0) is 19.3 Å². The van der Waals surface area contributed by atoms with Crippen molar-refractivity contribution in [3.8, 4) is 0 Å². The molecule has 1 N–H and O–H groups in total. The lowest BCUT2D eigenvalue weighted by Crippen LogP contribution is -2.32. The average molecular weight is 275 g/mol. The van der Waals surface area contributed by atoms with Crippen molar-refractivity contribution in [2.24, 2.45) is 11.3 Å². The third kappa shape index (κ3) is 4.55. The van der Waals surface area contributed by atoms with Crippen LogP contribution in [0.2, 0.25) is 0 Å². The second-order valence-electron chi connectivity index (χ2n) is 7.67. The molecule has 1 unspecified atom stereocenters. The third-order valence-electron chi connectivity index (χ3n) is 3.81. The van der Waals surface area contributed by atoms with Gasteiger partial charge in [-0.15, -0.1) is 0 Å². The van der Waals surface area contributed by atoms with Gasteiger partial charge in [0.2, 0.25) is 0 Å². The number of aromatic nitrogens is 2. The van der Waals surface area contributed by atoms with Crippen LogP contribution in [-0.4, -0.2) is 22.6 Å². The Labute approximate surface area is 123 Å². The highest BCUT2D eigenvalue weighted by molar-refractivity contribution is 5.21. The van der Waals surface area contributed by atoms with Crippen LogP contribution in [0.25, 0.3) is 0 Å². The van der Waals surface area contributed by atoms with Gasteiger partial charge in [-0.05, 0) is 42.7 Å². The van der Waals surface area contributed by atoms with Crippen molar-refractivity contribution in [3.05, 3.63) is 23.3 Å². The average Bonchev–Trinajstić information content (AvgIpc) is 2.34. The molecule has 0 saturated carbocycles. The predicted molar refractivity (Wildman–Crippen MR) is 83.8 cm³/mol. The zero-order valence-corrected chi connectivity index (χ0v) is 13.7. The lowest BCUT2D eigenvalue weighted by atomic mass is 9.86. The maximum Gasteiger partial charge on any atom is 0.129 e. The summed E-state index contributed by atoms with van der Waals surface area (Å²) in [5.74, 6) is 1.75. The first-order chi connectivity index (χ1) is 9.33. The maximum atomic E-state index is 4.80. The van der Waals surface area contributed by atoms with E-state index < -0.39 is 0 Å². The minimum absolute atomic E-state index is 0.257. The van der Waals surface area contributed by atoms with E-state index >= 15 is 0 Å². The van der Waals surface area contributed by atoms with E-state index in [4.69, 9.17) is 4.98 Å². The minimum atomic E-state index is 0.257. The topological polar surface area (TPSA) is 37.8 Å². The second-order valence-corrected chi connectivity index (χ2v) is 7.67. The molecule has 3 heteroatoms. The Morgan fingerprint density at radius 1 is 1.35 bits per heavy atom. The number of nitrogens with zero attached hydrogens (tertiary/aromatic N) is 2. The number of rotatable bonds is 4. The van der Waals surface area contributed by atoms with E-state index in [0.29, 0.717) is 6.04 Å². The highest BCUT2D eigenvalue weighted by Gasteiger charge is 2.21. The van der Waals surface area contributed by atoms with Gasteiger partial charge in [0.1, 0.15) is 5.82 Å². The van der Waals surface area contributed by atoms with E-state index in [1.54, 1.807) is 0 Å². The number of nitrogens with one attached hydrogen (secondary N) is 1. The largest absolute Gasteiger partial charge is 0.314 e. The van der Waals surface area contributed by atoms with Crippen LogP contribution in [0.3, 0.4) is 0 Å². The summed E-state index contributed by atoms with van der Waals surface area (Å²) in [6.07, 6.45) is 6.52. The Balaban J connectivity index is 2.00. The van der Waals surface area contributed by atoms with Crippen molar-refractivity contribution in [1.29, 1.82) is 0 Å². The fraction of sp³-hybridized carbons (Fsp3) is 0.765. The molecule has 0 aliphatic heterocycles. The first kappa shape index (κ1) is 15.4. The normalized spacial score (nSPS) is 19.2. The summed E-state index contributed by atoms with van der Waals surface area (Å²) in [5.41, 5.74) is 2.91. The van der Waals surface area contributed by atoms with Crippen LogP contribution >= 0.6 is 0 Å². The van der Waals surface area contributed by atoms with E-state index in [1.807, 2.05) is 0 Å². The van der Waals surface area contributed by atoms with Gasteiger partial charge in [0.05, 0.1) is 0 Å². The van der Waals surface area contributed by atoms with Gasteiger partial charge in [0.25, 0.3) is 0 Å². The number of fused-ring (bicyclic) bond motifs is 1. The molecule has 0 spiro atoms. The van der Waals surface area contributed by atoms with E-state index in [0.717, 1.165) is 37.5 Å². The summed E-state index contributed by atoms with van der Waals surface area (Å²) in [6, 6.07) is 0.571. The molecule has 1 aliphatic carbocycles. The van der Waals surface area contributed by atoms with E-state index in [-0.39, 0.29) is 5.41 Å². The maximum absolute atomic E-state index is 4.80.